The van der Waals surface area contributed by atoms with Crippen molar-refractivity contribution in [2.24, 2.45) is 0 Å². The standard InChI is InChI=1S/C18H25FN2O/c1-3-5-6-10-21(9-4-2)18(22)11-14-13-20-17-12-15(19)7-8-16(14)17/h7-8,12-13,20H,3-6,9-11H2,1-2H3. The maximum Gasteiger partial charge on any atom is 0.227 e. The van der Waals surface area contributed by atoms with Crippen molar-refractivity contribution in [1.82, 2.24) is 9.88 Å². The van der Waals surface area contributed by atoms with Crippen LogP contribution in [0.1, 0.15) is 45.1 Å². The Balaban J connectivity index is 2.07. The molecular formula is C18H25FN2O. The van der Waals surface area contributed by atoms with E-state index in [1.165, 1.54) is 12.1 Å². The van der Waals surface area contributed by atoms with Gasteiger partial charge in [-0.2, -0.15) is 0 Å². The van der Waals surface area contributed by atoms with Crippen molar-refractivity contribution in [2.75, 3.05) is 13.1 Å². The molecule has 0 aliphatic carbocycles. The van der Waals surface area contributed by atoms with Crippen LogP contribution in [0.5, 0.6) is 0 Å². The largest absolute Gasteiger partial charge is 0.361 e. The molecule has 0 atom stereocenters. The van der Waals surface area contributed by atoms with Gasteiger partial charge in [-0.25, -0.2) is 4.39 Å². The summed E-state index contributed by atoms with van der Waals surface area (Å²) in [5.74, 6) is -0.109. The lowest BCUT2D eigenvalue weighted by Gasteiger charge is -2.22. The van der Waals surface area contributed by atoms with Crippen LogP contribution in [-0.2, 0) is 11.2 Å². The Morgan fingerprint density at radius 3 is 2.73 bits per heavy atom. The summed E-state index contributed by atoms with van der Waals surface area (Å²) in [5.41, 5.74) is 1.69. The maximum absolute atomic E-state index is 13.2. The maximum atomic E-state index is 13.2. The lowest BCUT2D eigenvalue weighted by molar-refractivity contribution is -0.130. The number of hydrogen-bond donors (Lipinski definition) is 1. The summed E-state index contributed by atoms with van der Waals surface area (Å²) in [5, 5.41) is 0.930. The molecular weight excluding hydrogens is 279 g/mol. The van der Waals surface area contributed by atoms with E-state index in [9.17, 15) is 9.18 Å². The minimum Gasteiger partial charge on any atom is -0.361 e. The number of nitrogens with zero attached hydrogens (tertiary/aromatic N) is 1. The van der Waals surface area contributed by atoms with Crippen LogP contribution in [0, 0.1) is 5.82 Å². The zero-order valence-electron chi connectivity index (χ0n) is 13.5. The lowest BCUT2D eigenvalue weighted by atomic mass is 10.1. The zero-order valence-corrected chi connectivity index (χ0v) is 13.5. The van der Waals surface area contributed by atoms with Gasteiger partial charge in [0.1, 0.15) is 5.82 Å². The first kappa shape index (κ1) is 16.5. The third kappa shape index (κ3) is 4.09. The average Bonchev–Trinajstić information content (AvgIpc) is 2.88. The third-order valence-corrected chi connectivity index (χ3v) is 3.95. The van der Waals surface area contributed by atoms with E-state index in [4.69, 9.17) is 0 Å². The van der Waals surface area contributed by atoms with Crippen molar-refractivity contribution in [2.45, 2.75) is 46.0 Å². The predicted molar refractivity (Wildman–Crippen MR) is 88.4 cm³/mol. The summed E-state index contributed by atoms with van der Waals surface area (Å²) in [7, 11) is 0. The number of nitrogens with one attached hydrogen (secondary N) is 1. The Hall–Kier alpha value is -1.84. The summed E-state index contributed by atoms with van der Waals surface area (Å²) in [6.07, 6.45) is 6.52. The molecule has 1 N–H and O–H groups in total. The fourth-order valence-corrected chi connectivity index (χ4v) is 2.76. The van der Waals surface area contributed by atoms with Gasteiger partial charge in [0.25, 0.3) is 0 Å². The number of H-pyrrole nitrogens is 1. The fourth-order valence-electron chi connectivity index (χ4n) is 2.76. The number of carbonyl (C=O) groups is 1. The average molecular weight is 304 g/mol. The highest BCUT2D eigenvalue weighted by Crippen LogP contribution is 2.20. The zero-order chi connectivity index (χ0) is 15.9. The number of amides is 1. The van der Waals surface area contributed by atoms with Gasteiger partial charge in [0, 0.05) is 30.2 Å². The van der Waals surface area contributed by atoms with Gasteiger partial charge in [0.15, 0.2) is 0 Å². The first-order chi connectivity index (χ1) is 10.7. The van der Waals surface area contributed by atoms with E-state index in [1.54, 1.807) is 6.07 Å². The quantitative estimate of drug-likeness (QED) is 0.726. The molecule has 0 saturated heterocycles. The molecule has 0 unspecified atom stereocenters. The molecule has 1 aromatic carbocycles. The van der Waals surface area contributed by atoms with Crippen LogP contribution in [0.3, 0.4) is 0 Å². The molecule has 0 aliphatic heterocycles. The molecule has 0 saturated carbocycles. The van der Waals surface area contributed by atoms with Crippen molar-refractivity contribution in [3.8, 4) is 0 Å². The number of unbranched alkanes of at least 4 members (excludes halogenated alkanes) is 2. The molecule has 1 amide bonds. The summed E-state index contributed by atoms with van der Waals surface area (Å²) in [4.78, 5) is 17.5. The summed E-state index contributed by atoms with van der Waals surface area (Å²) in [6.45, 7) is 5.89. The number of fused-ring (bicyclic) bond motifs is 1. The van der Waals surface area contributed by atoms with Crippen molar-refractivity contribution in [1.29, 1.82) is 0 Å². The molecule has 2 rings (SSSR count). The molecule has 0 aliphatic rings. The van der Waals surface area contributed by atoms with E-state index in [0.29, 0.717) is 6.42 Å². The first-order valence-electron chi connectivity index (χ1n) is 8.19. The van der Waals surface area contributed by atoms with Gasteiger partial charge in [-0.05, 0) is 36.6 Å². The van der Waals surface area contributed by atoms with E-state index in [1.807, 2.05) is 11.1 Å². The number of hydrogen-bond acceptors (Lipinski definition) is 1. The Morgan fingerprint density at radius 2 is 2.00 bits per heavy atom. The Morgan fingerprint density at radius 1 is 1.18 bits per heavy atom. The highest BCUT2D eigenvalue weighted by atomic mass is 19.1. The monoisotopic (exact) mass is 304 g/mol. The lowest BCUT2D eigenvalue weighted by Crippen LogP contribution is -2.33. The number of halogens is 1. The van der Waals surface area contributed by atoms with Crippen LogP contribution in [0.4, 0.5) is 4.39 Å². The Kier molecular flexibility index (Phi) is 5.99. The van der Waals surface area contributed by atoms with E-state index in [0.717, 1.165) is 55.2 Å². The fraction of sp³-hybridized carbons (Fsp3) is 0.500. The Bertz CT molecular complexity index is 621. The van der Waals surface area contributed by atoms with Gasteiger partial charge in [-0.3, -0.25) is 4.79 Å². The topological polar surface area (TPSA) is 36.1 Å². The second-order valence-electron chi connectivity index (χ2n) is 5.77. The van der Waals surface area contributed by atoms with E-state index in [2.05, 4.69) is 18.8 Å². The number of rotatable bonds is 8. The van der Waals surface area contributed by atoms with Crippen molar-refractivity contribution < 1.29 is 9.18 Å². The van der Waals surface area contributed by atoms with Crippen LogP contribution in [0.15, 0.2) is 24.4 Å². The van der Waals surface area contributed by atoms with Crippen LogP contribution in [0.25, 0.3) is 10.9 Å². The van der Waals surface area contributed by atoms with Crippen molar-refractivity contribution in [3.63, 3.8) is 0 Å². The summed E-state index contributed by atoms with van der Waals surface area (Å²) < 4.78 is 13.2. The van der Waals surface area contributed by atoms with Crippen LogP contribution < -0.4 is 0 Å². The summed E-state index contributed by atoms with van der Waals surface area (Å²) >= 11 is 0. The molecule has 2 aromatic rings. The molecule has 1 heterocycles. The number of carbonyl (C=O) groups excluding carboxylic acids is 1. The van der Waals surface area contributed by atoms with Crippen LogP contribution in [0.2, 0.25) is 0 Å². The van der Waals surface area contributed by atoms with E-state index in [-0.39, 0.29) is 11.7 Å². The second kappa shape index (κ2) is 7.97. The molecule has 0 spiro atoms. The molecule has 1 aromatic heterocycles. The molecule has 22 heavy (non-hydrogen) atoms. The van der Waals surface area contributed by atoms with Gasteiger partial charge < -0.3 is 9.88 Å². The highest BCUT2D eigenvalue weighted by Gasteiger charge is 2.15. The minimum absolute atomic E-state index is 0.156. The van der Waals surface area contributed by atoms with Crippen molar-refractivity contribution in [3.05, 3.63) is 35.8 Å². The molecule has 3 nitrogen and oxygen atoms in total. The normalized spacial score (nSPS) is 11.0. The third-order valence-electron chi connectivity index (χ3n) is 3.95. The number of aromatic nitrogens is 1. The smallest absolute Gasteiger partial charge is 0.227 e. The van der Waals surface area contributed by atoms with Gasteiger partial charge >= 0.3 is 0 Å². The number of benzene rings is 1. The second-order valence-corrected chi connectivity index (χ2v) is 5.77. The van der Waals surface area contributed by atoms with Gasteiger partial charge in [0.2, 0.25) is 5.91 Å². The predicted octanol–water partition coefficient (Wildman–Crippen LogP) is 4.28. The van der Waals surface area contributed by atoms with E-state index >= 15 is 0 Å². The molecule has 0 bridgehead atoms. The summed E-state index contributed by atoms with van der Waals surface area (Å²) in [6, 6.07) is 4.65. The van der Waals surface area contributed by atoms with Gasteiger partial charge in [-0.15, -0.1) is 0 Å². The SMILES string of the molecule is CCCCCN(CCC)C(=O)Cc1c[nH]c2cc(F)ccc12. The van der Waals surface area contributed by atoms with E-state index < -0.39 is 0 Å². The van der Waals surface area contributed by atoms with Crippen LogP contribution in [-0.4, -0.2) is 28.9 Å². The van der Waals surface area contributed by atoms with Crippen LogP contribution >= 0.6 is 0 Å². The van der Waals surface area contributed by atoms with Gasteiger partial charge in [-0.1, -0.05) is 26.7 Å². The van der Waals surface area contributed by atoms with Crippen molar-refractivity contribution >= 4 is 16.8 Å². The molecule has 0 radical (unpaired) electrons. The Labute approximate surface area is 131 Å². The minimum atomic E-state index is -0.264. The molecule has 4 heteroatoms. The highest BCUT2D eigenvalue weighted by molar-refractivity contribution is 5.88. The molecule has 120 valence electrons. The molecule has 0 fully saturated rings. The first-order valence-corrected chi connectivity index (χ1v) is 8.19. The van der Waals surface area contributed by atoms with Gasteiger partial charge in [0.05, 0.1) is 6.42 Å². The number of aromatic amines is 1.